The topological polar surface area (TPSA) is 44.5 Å². The van der Waals surface area contributed by atoms with Gasteiger partial charge < -0.3 is 15.2 Å². The minimum absolute atomic E-state index is 0.0250. The van der Waals surface area contributed by atoms with E-state index < -0.39 is 0 Å². The predicted octanol–water partition coefficient (Wildman–Crippen LogP) is 3.56. The van der Waals surface area contributed by atoms with Gasteiger partial charge in [0.05, 0.1) is 14.2 Å². The molecule has 0 amide bonds. The Labute approximate surface area is 126 Å². The predicted molar refractivity (Wildman–Crippen MR) is 86.1 cm³/mol. The molecule has 2 aromatic rings. The van der Waals surface area contributed by atoms with Gasteiger partial charge in [0.1, 0.15) is 0 Å². The lowest BCUT2D eigenvalue weighted by Gasteiger charge is -2.17. The molecule has 112 valence electrons. The lowest BCUT2D eigenvalue weighted by Crippen LogP contribution is -2.15. The standard InChI is InChI=1S/C18H23NO2/c1-12-6-5-7-15(13(12)2)16(19)10-14-8-9-17(20-3)18(11-14)21-4/h5-9,11,16H,10,19H2,1-4H3. The smallest absolute Gasteiger partial charge is 0.160 e. The van der Waals surface area contributed by atoms with Gasteiger partial charge in [-0.05, 0) is 54.7 Å². The SMILES string of the molecule is COc1ccc(CC(N)c2cccc(C)c2C)cc1OC. The van der Waals surface area contributed by atoms with Gasteiger partial charge >= 0.3 is 0 Å². The molecule has 0 saturated heterocycles. The summed E-state index contributed by atoms with van der Waals surface area (Å²) in [6.07, 6.45) is 0.768. The van der Waals surface area contributed by atoms with Crippen molar-refractivity contribution in [3.05, 3.63) is 58.7 Å². The van der Waals surface area contributed by atoms with Crippen LogP contribution < -0.4 is 15.2 Å². The van der Waals surface area contributed by atoms with Crippen molar-refractivity contribution in [1.29, 1.82) is 0 Å². The molecule has 3 nitrogen and oxygen atoms in total. The van der Waals surface area contributed by atoms with Crippen molar-refractivity contribution < 1.29 is 9.47 Å². The van der Waals surface area contributed by atoms with Crippen LogP contribution in [-0.4, -0.2) is 14.2 Å². The Morgan fingerprint density at radius 2 is 1.71 bits per heavy atom. The van der Waals surface area contributed by atoms with E-state index in [9.17, 15) is 0 Å². The Balaban J connectivity index is 2.23. The Morgan fingerprint density at radius 1 is 1.00 bits per heavy atom. The normalized spacial score (nSPS) is 12.0. The number of ether oxygens (including phenoxy) is 2. The molecule has 2 rings (SSSR count). The van der Waals surface area contributed by atoms with Crippen LogP contribution in [0.4, 0.5) is 0 Å². The fraction of sp³-hybridized carbons (Fsp3) is 0.333. The summed E-state index contributed by atoms with van der Waals surface area (Å²) in [5.41, 5.74) is 11.3. The quantitative estimate of drug-likeness (QED) is 0.913. The maximum atomic E-state index is 6.39. The number of rotatable bonds is 5. The number of nitrogens with two attached hydrogens (primary N) is 1. The highest BCUT2D eigenvalue weighted by atomic mass is 16.5. The van der Waals surface area contributed by atoms with E-state index in [0.29, 0.717) is 0 Å². The van der Waals surface area contributed by atoms with Crippen molar-refractivity contribution in [1.82, 2.24) is 0 Å². The summed E-state index contributed by atoms with van der Waals surface area (Å²) in [7, 11) is 3.28. The Hall–Kier alpha value is -2.00. The van der Waals surface area contributed by atoms with Gasteiger partial charge in [-0.1, -0.05) is 24.3 Å². The van der Waals surface area contributed by atoms with E-state index in [1.165, 1.54) is 16.7 Å². The van der Waals surface area contributed by atoms with Crippen molar-refractivity contribution in [2.75, 3.05) is 14.2 Å². The highest BCUT2D eigenvalue weighted by Crippen LogP contribution is 2.29. The molecular weight excluding hydrogens is 262 g/mol. The number of hydrogen-bond donors (Lipinski definition) is 1. The number of benzene rings is 2. The molecule has 0 aliphatic carbocycles. The molecule has 0 aliphatic rings. The van der Waals surface area contributed by atoms with E-state index in [0.717, 1.165) is 23.5 Å². The van der Waals surface area contributed by atoms with Gasteiger partial charge in [0.25, 0.3) is 0 Å². The van der Waals surface area contributed by atoms with Gasteiger partial charge in [-0.25, -0.2) is 0 Å². The van der Waals surface area contributed by atoms with Gasteiger partial charge in [-0.15, -0.1) is 0 Å². The molecule has 21 heavy (non-hydrogen) atoms. The van der Waals surface area contributed by atoms with E-state index in [1.54, 1.807) is 14.2 Å². The molecule has 0 fully saturated rings. The minimum atomic E-state index is -0.0250. The number of hydrogen-bond acceptors (Lipinski definition) is 3. The summed E-state index contributed by atoms with van der Waals surface area (Å²) in [5.74, 6) is 1.48. The first kappa shape index (κ1) is 15.4. The third-order valence-corrected chi connectivity index (χ3v) is 3.95. The van der Waals surface area contributed by atoms with Crippen molar-refractivity contribution in [3.8, 4) is 11.5 Å². The second kappa shape index (κ2) is 6.64. The third kappa shape index (κ3) is 3.37. The zero-order valence-corrected chi connectivity index (χ0v) is 13.1. The molecular formula is C18H23NO2. The van der Waals surface area contributed by atoms with Crippen LogP contribution in [0.1, 0.15) is 28.3 Å². The summed E-state index contributed by atoms with van der Waals surface area (Å²) >= 11 is 0. The van der Waals surface area contributed by atoms with Gasteiger partial charge in [0, 0.05) is 6.04 Å². The molecule has 3 heteroatoms. The minimum Gasteiger partial charge on any atom is -0.493 e. The second-order valence-corrected chi connectivity index (χ2v) is 5.29. The van der Waals surface area contributed by atoms with Gasteiger partial charge in [0.15, 0.2) is 11.5 Å². The Kier molecular flexibility index (Phi) is 4.86. The van der Waals surface area contributed by atoms with Crippen molar-refractivity contribution in [2.24, 2.45) is 5.73 Å². The monoisotopic (exact) mass is 285 g/mol. The van der Waals surface area contributed by atoms with Crippen molar-refractivity contribution in [2.45, 2.75) is 26.3 Å². The molecule has 1 unspecified atom stereocenters. The molecule has 0 aromatic heterocycles. The molecule has 0 heterocycles. The lowest BCUT2D eigenvalue weighted by molar-refractivity contribution is 0.354. The third-order valence-electron chi connectivity index (χ3n) is 3.95. The maximum Gasteiger partial charge on any atom is 0.160 e. The van der Waals surface area contributed by atoms with Crippen LogP contribution in [0.2, 0.25) is 0 Å². The summed E-state index contributed by atoms with van der Waals surface area (Å²) in [5, 5.41) is 0. The molecule has 0 aliphatic heterocycles. The van der Waals surface area contributed by atoms with Gasteiger partial charge in [0.2, 0.25) is 0 Å². The Morgan fingerprint density at radius 3 is 2.38 bits per heavy atom. The molecule has 0 bridgehead atoms. The lowest BCUT2D eigenvalue weighted by atomic mass is 9.93. The average molecular weight is 285 g/mol. The number of aryl methyl sites for hydroxylation is 1. The van der Waals surface area contributed by atoms with E-state index in [-0.39, 0.29) is 6.04 Å². The van der Waals surface area contributed by atoms with Crippen LogP contribution in [-0.2, 0) is 6.42 Å². The van der Waals surface area contributed by atoms with Crippen LogP contribution in [0, 0.1) is 13.8 Å². The van der Waals surface area contributed by atoms with Crippen LogP contribution in [0.3, 0.4) is 0 Å². The van der Waals surface area contributed by atoms with E-state index in [2.05, 4.69) is 32.0 Å². The summed E-state index contributed by atoms with van der Waals surface area (Å²) < 4.78 is 10.6. The molecule has 0 saturated carbocycles. The first-order chi connectivity index (χ1) is 10.1. The highest BCUT2D eigenvalue weighted by molar-refractivity contribution is 5.44. The van der Waals surface area contributed by atoms with E-state index in [1.807, 2.05) is 18.2 Å². The summed E-state index contributed by atoms with van der Waals surface area (Å²) in [6.45, 7) is 4.24. The second-order valence-electron chi connectivity index (χ2n) is 5.29. The van der Waals surface area contributed by atoms with E-state index >= 15 is 0 Å². The van der Waals surface area contributed by atoms with Crippen LogP contribution >= 0.6 is 0 Å². The zero-order chi connectivity index (χ0) is 15.4. The zero-order valence-electron chi connectivity index (χ0n) is 13.1. The molecule has 1 atom stereocenters. The maximum absolute atomic E-state index is 6.39. The molecule has 0 spiro atoms. The molecule has 2 aromatic carbocycles. The largest absolute Gasteiger partial charge is 0.493 e. The highest BCUT2D eigenvalue weighted by Gasteiger charge is 2.12. The van der Waals surface area contributed by atoms with Gasteiger partial charge in [-0.3, -0.25) is 0 Å². The fourth-order valence-electron chi connectivity index (χ4n) is 2.55. The van der Waals surface area contributed by atoms with Crippen molar-refractivity contribution >= 4 is 0 Å². The molecule has 2 N–H and O–H groups in total. The summed E-state index contributed by atoms with van der Waals surface area (Å²) in [4.78, 5) is 0. The van der Waals surface area contributed by atoms with Crippen LogP contribution in [0.15, 0.2) is 36.4 Å². The van der Waals surface area contributed by atoms with Crippen molar-refractivity contribution in [3.63, 3.8) is 0 Å². The van der Waals surface area contributed by atoms with E-state index in [4.69, 9.17) is 15.2 Å². The van der Waals surface area contributed by atoms with Crippen LogP contribution in [0.25, 0.3) is 0 Å². The van der Waals surface area contributed by atoms with Gasteiger partial charge in [-0.2, -0.15) is 0 Å². The fourth-order valence-corrected chi connectivity index (χ4v) is 2.55. The first-order valence-corrected chi connectivity index (χ1v) is 7.09. The first-order valence-electron chi connectivity index (χ1n) is 7.09. The summed E-state index contributed by atoms with van der Waals surface area (Å²) in [6, 6.07) is 12.2. The van der Waals surface area contributed by atoms with Crippen LogP contribution in [0.5, 0.6) is 11.5 Å². The molecule has 0 radical (unpaired) electrons. The average Bonchev–Trinajstić information content (AvgIpc) is 2.49. The Bertz CT molecular complexity index is 623. The number of methoxy groups -OCH3 is 2.